The van der Waals surface area contributed by atoms with Gasteiger partial charge in [-0.3, -0.25) is 0 Å². The van der Waals surface area contributed by atoms with Gasteiger partial charge in [0.05, 0.1) is 0 Å². The summed E-state index contributed by atoms with van der Waals surface area (Å²) in [6.45, 7) is 7.73. The van der Waals surface area contributed by atoms with Crippen LogP contribution in [0.2, 0.25) is 0 Å². The van der Waals surface area contributed by atoms with E-state index in [4.69, 9.17) is 13.3 Å². The van der Waals surface area contributed by atoms with Gasteiger partial charge in [0.15, 0.2) is 0 Å². The van der Waals surface area contributed by atoms with Crippen molar-refractivity contribution in [2.24, 2.45) is 11.8 Å². The van der Waals surface area contributed by atoms with Gasteiger partial charge in [0.1, 0.15) is 0 Å². The predicted molar refractivity (Wildman–Crippen MR) is 76.4 cm³/mol. The first-order valence-electron chi connectivity index (χ1n) is 7.55. The average molecular weight is 322 g/mol. The summed E-state index contributed by atoms with van der Waals surface area (Å²) in [6, 6.07) is 0. The summed E-state index contributed by atoms with van der Waals surface area (Å²) in [5.41, 5.74) is 0. The van der Waals surface area contributed by atoms with Crippen LogP contribution in [0.1, 0.15) is 47.0 Å². The van der Waals surface area contributed by atoms with Gasteiger partial charge in [-0.15, -0.1) is 0 Å². The Labute approximate surface area is 129 Å². The molecule has 2 atom stereocenters. The van der Waals surface area contributed by atoms with E-state index in [-0.39, 0.29) is 12.2 Å². The summed E-state index contributed by atoms with van der Waals surface area (Å²) in [5.74, 6) is 1.98. The maximum atomic E-state index is 5.57. The second-order valence-electron chi connectivity index (χ2n) is 5.96. The summed E-state index contributed by atoms with van der Waals surface area (Å²) < 4.78 is 21.6. The van der Waals surface area contributed by atoms with Gasteiger partial charge in [0.2, 0.25) is 0 Å². The van der Waals surface area contributed by atoms with Gasteiger partial charge in [-0.05, 0) is 31.1 Å². The Bertz CT molecular complexity index is 276. The molecule has 2 unspecified atom stereocenters. The van der Waals surface area contributed by atoms with Gasteiger partial charge in [0, 0.05) is 0 Å². The van der Waals surface area contributed by atoms with E-state index in [1.165, 1.54) is 19.3 Å². The normalized spacial score (nSPS) is 24.4. The fourth-order valence-electron chi connectivity index (χ4n) is 2.60. The van der Waals surface area contributed by atoms with Gasteiger partial charge in [-0.2, -0.15) is 0 Å². The Balaban J connectivity index is 0.000000233. The Morgan fingerprint density at radius 3 is 1.40 bits per heavy atom. The minimum absolute atomic E-state index is 0.0543. The number of fused-ring (bicyclic) bond motifs is 2. The second kappa shape index (κ2) is 8.67. The van der Waals surface area contributed by atoms with Crippen molar-refractivity contribution < 1.29 is 31.4 Å². The van der Waals surface area contributed by atoms with E-state index in [1.54, 1.807) is 14.2 Å². The molecular weight excluding hydrogens is 292 g/mol. The molecule has 2 rings (SSSR count). The van der Waals surface area contributed by atoms with Gasteiger partial charge < -0.3 is 0 Å². The van der Waals surface area contributed by atoms with Crippen molar-refractivity contribution in [1.82, 2.24) is 0 Å². The molecule has 1 fully saturated rings. The van der Waals surface area contributed by atoms with Crippen LogP contribution in [-0.2, 0) is 31.4 Å². The molecule has 2 aliphatic rings. The SMILES string of the molecule is C1=CC2CCC1C2.C[O][Ti]([O]C)([O]C(C)C)[O]C(C)C. The minimum atomic E-state index is -3.39. The van der Waals surface area contributed by atoms with E-state index in [1.807, 2.05) is 27.7 Å². The topological polar surface area (TPSA) is 36.9 Å². The molecule has 0 aromatic rings. The first-order valence-corrected chi connectivity index (χ1v) is 10.1. The van der Waals surface area contributed by atoms with Crippen LogP contribution in [0.5, 0.6) is 0 Å². The first-order chi connectivity index (χ1) is 9.40. The van der Waals surface area contributed by atoms with Crippen molar-refractivity contribution in [2.75, 3.05) is 14.2 Å². The van der Waals surface area contributed by atoms with E-state index >= 15 is 0 Å². The number of rotatable bonds is 6. The Morgan fingerprint density at radius 2 is 1.25 bits per heavy atom. The molecular formula is C15H30O4Ti. The molecule has 0 aromatic carbocycles. The van der Waals surface area contributed by atoms with Gasteiger partial charge in [-0.25, -0.2) is 0 Å². The molecule has 5 heteroatoms. The summed E-state index contributed by atoms with van der Waals surface area (Å²) in [4.78, 5) is 0. The second-order valence-corrected chi connectivity index (χ2v) is 9.53. The van der Waals surface area contributed by atoms with Crippen LogP contribution in [0.15, 0.2) is 12.2 Å². The monoisotopic (exact) mass is 322 g/mol. The third-order valence-electron chi connectivity index (χ3n) is 3.43. The van der Waals surface area contributed by atoms with E-state index in [0.29, 0.717) is 0 Å². The third-order valence-corrected chi connectivity index (χ3v) is 7.36. The van der Waals surface area contributed by atoms with Crippen molar-refractivity contribution >= 4 is 0 Å². The zero-order chi connectivity index (χ0) is 15.2. The number of hydrogen-bond donors (Lipinski definition) is 0. The first kappa shape index (κ1) is 18.3. The van der Waals surface area contributed by atoms with Crippen molar-refractivity contribution in [3.05, 3.63) is 12.2 Å². The number of hydrogen-bond acceptors (Lipinski definition) is 4. The molecule has 0 spiro atoms. The van der Waals surface area contributed by atoms with Crippen LogP contribution in [0.3, 0.4) is 0 Å². The summed E-state index contributed by atoms with van der Waals surface area (Å²) in [6.07, 6.45) is 9.29. The van der Waals surface area contributed by atoms with E-state index in [2.05, 4.69) is 12.2 Å². The molecule has 4 nitrogen and oxygen atoms in total. The molecule has 0 saturated heterocycles. The van der Waals surface area contributed by atoms with Crippen LogP contribution in [0.4, 0.5) is 0 Å². The molecule has 20 heavy (non-hydrogen) atoms. The zero-order valence-corrected chi connectivity index (χ0v) is 15.3. The van der Waals surface area contributed by atoms with Crippen LogP contribution in [0.25, 0.3) is 0 Å². The van der Waals surface area contributed by atoms with E-state index in [0.717, 1.165) is 11.8 Å². The number of allylic oxidation sites excluding steroid dienone is 2. The van der Waals surface area contributed by atoms with Crippen molar-refractivity contribution in [2.45, 2.75) is 59.2 Å². The molecule has 0 aliphatic heterocycles. The summed E-state index contributed by atoms with van der Waals surface area (Å²) in [5, 5.41) is 0. The van der Waals surface area contributed by atoms with Crippen LogP contribution >= 0.6 is 0 Å². The Hall–Kier alpha value is 0.294. The molecule has 0 heterocycles. The standard InChI is InChI=1S/C7H10.2C3H7O.2CH3O.Ti/c1-2-7-4-3-6(1)5-7;2*1-3(2)4;2*1-2;/h1-2,6-7H,3-5H2;2*3H,1-2H3;2*1H3;/q;4*-1;+4. The van der Waals surface area contributed by atoms with Crippen LogP contribution in [-0.4, -0.2) is 26.4 Å². The van der Waals surface area contributed by atoms with Gasteiger partial charge in [-0.1, -0.05) is 12.2 Å². The molecule has 0 amide bonds. The van der Waals surface area contributed by atoms with Crippen molar-refractivity contribution in [3.8, 4) is 0 Å². The fourth-order valence-corrected chi connectivity index (χ4v) is 5.35. The molecule has 2 bridgehead atoms. The summed E-state index contributed by atoms with van der Waals surface area (Å²) in [7, 11) is 3.13. The fraction of sp³-hybridized carbons (Fsp3) is 0.867. The average Bonchev–Trinajstić information content (AvgIpc) is 3.02. The zero-order valence-electron chi connectivity index (χ0n) is 13.7. The van der Waals surface area contributed by atoms with Gasteiger partial charge in [0.25, 0.3) is 0 Å². The molecule has 0 aromatic heterocycles. The third kappa shape index (κ3) is 5.96. The Morgan fingerprint density at radius 1 is 0.850 bits per heavy atom. The van der Waals surface area contributed by atoms with E-state index in [9.17, 15) is 0 Å². The quantitative estimate of drug-likeness (QED) is 0.549. The Kier molecular flexibility index (Phi) is 7.95. The van der Waals surface area contributed by atoms with Crippen LogP contribution < -0.4 is 0 Å². The summed E-state index contributed by atoms with van der Waals surface area (Å²) >= 11 is -3.39. The molecule has 0 N–H and O–H groups in total. The van der Waals surface area contributed by atoms with Gasteiger partial charge >= 0.3 is 85.5 Å². The van der Waals surface area contributed by atoms with Crippen molar-refractivity contribution in [3.63, 3.8) is 0 Å². The van der Waals surface area contributed by atoms with Crippen molar-refractivity contribution in [1.29, 1.82) is 0 Å². The van der Waals surface area contributed by atoms with Crippen LogP contribution in [0, 0.1) is 11.8 Å². The van der Waals surface area contributed by atoms with E-state index < -0.39 is 18.1 Å². The predicted octanol–water partition coefficient (Wildman–Crippen LogP) is 3.92. The molecule has 1 saturated carbocycles. The molecule has 2 aliphatic carbocycles. The maximum absolute atomic E-state index is 5.57. The molecule has 0 radical (unpaired) electrons. The molecule has 118 valence electrons.